The molecule has 1 aliphatic heterocycles. The Balaban J connectivity index is 2.45. The molecule has 0 aromatic heterocycles. The van der Waals surface area contributed by atoms with Gasteiger partial charge in [0.2, 0.25) is 5.91 Å². The van der Waals surface area contributed by atoms with Crippen molar-refractivity contribution in [3.63, 3.8) is 0 Å². The van der Waals surface area contributed by atoms with Crippen LogP contribution < -0.4 is 5.32 Å². The first kappa shape index (κ1) is 11.7. The Morgan fingerprint density at radius 3 is 2.64 bits per heavy atom. The summed E-state index contributed by atoms with van der Waals surface area (Å²) in [6.07, 6.45) is 0.670. The fraction of sp³-hybridized carbons (Fsp3) is 0.900. The van der Waals surface area contributed by atoms with Gasteiger partial charge in [0.25, 0.3) is 0 Å². The van der Waals surface area contributed by atoms with Crippen LogP contribution in [0.2, 0.25) is 19.1 Å². The van der Waals surface area contributed by atoms with Crippen molar-refractivity contribution < 1.29 is 9.22 Å². The molecular formula is C10H21NO2Si. The van der Waals surface area contributed by atoms with E-state index in [-0.39, 0.29) is 12.0 Å². The molecular weight excluding hydrogens is 194 g/mol. The number of nitrogens with one attached hydrogen (secondary N) is 1. The molecule has 0 aliphatic carbocycles. The van der Waals surface area contributed by atoms with Crippen molar-refractivity contribution in [1.82, 2.24) is 5.32 Å². The summed E-state index contributed by atoms with van der Waals surface area (Å²) in [7, 11) is -1.63. The second-order valence-corrected chi connectivity index (χ2v) is 9.21. The zero-order chi connectivity index (χ0) is 10.8. The van der Waals surface area contributed by atoms with Crippen molar-refractivity contribution in [3.05, 3.63) is 0 Å². The summed E-state index contributed by atoms with van der Waals surface area (Å²) in [5.74, 6) is 0.732. The standard InChI is InChI=1S/C10H21NO2Si/c1-8(2)7-14(3,4)13-9-5-6-11-10(9)12/h8-9H,5-7H2,1-4H3,(H,11,12). The van der Waals surface area contributed by atoms with E-state index in [4.69, 9.17) is 4.43 Å². The predicted octanol–water partition coefficient (Wildman–Crippen LogP) is 1.75. The van der Waals surface area contributed by atoms with Gasteiger partial charge in [0, 0.05) is 6.54 Å². The third kappa shape index (κ3) is 3.42. The van der Waals surface area contributed by atoms with Crippen molar-refractivity contribution in [2.45, 2.75) is 45.5 Å². The van der Waals surface area contributed by atoms with E-state index >= 15 is 0 Å². The number of hydrogen-bond acceptors (Lipinski definition) is 2. The summed E-state index contributed by atoms with van der Waals surface area (Å²) in [4.78, 5) is 11.3. The molecule has 0 spiro atoms. The first-order valence-electron chi connectivity index (χ1n) is 5.36. The van der Waals surface area contributed by atoms with Crippen LogP contribution in [0, 0.1) is 5.92 Å². The molecule has 0 aromatic carbocycles. The van der Waals surface area contributed by atoms with Crippen molar-refractivity contribution in [3.8, 4) is 0 Å². The van der Waals surface area contributed by atoms with E-state index in [0.717, 1.165) is 19.0 Å². The second-order valence-electron chi connectivity index (χ2n) is 5.04. The minimum absolute atomic E-state index is 0.0781. The number of rotatable bonds is 4. The van der Waals surface area contributed by atoms with Gasteiger partial charge in [0.15, 0.2) is 8.32 Å². The van der Waals surface area contributed by atoms with E-state index in [1.165, 1.54) is 0 Å². The highest BCUT2D eigenvalue weighted by Crippen LogP contribution is 2.21. The van der Waals surface area contributed by atoms with Gasteiger partial charge in [-0.2, -0.15) is 0 Å². The van der Waals surface area contributed by atoms with Gasteiger partial charge in [-0.25, -0.2) is 0 Å². The first-order chi connectivity index (χ1) is 6.41. The SMILES string of the molecule is CC(C)C[Si](C)(C)OC1CCNC1=O. The molecule has 1 amide bonds. The summed E-state index contributed by atoms with van der Waals surface area (Å²) < 4.78 is 5.95. The minimum Gasteiger partial charge on any atom is -0.405 e. The normalized spacial score (nSPS) is 22.9. The summed E-state index contributed by atoms with van der Waals surface area (Å²) >= 11 is 0. The van der Waals surface area contributed by atoms with Gasteiger partial charge in [0.1, 0.15) is 6.10 Å². The van der Waals surface area contributed by atoms with Crippen LogP contribution in [0.5, 0.6) is 0 Å². The summed E-state index contributed by atoms with van der Waals surface area (Å²) in [6.45, 7) is 9.56. The zero-order valence-corrected chi connectivity index (χ0v) is 10.6. The molecule has 1 N–H and O–H groups in total. The van der Waals surface area contributed by atoms with Gasteiger partial charge >= 0.3 is 0 Å². The van der Waals surface area contributed by atoms with Crippen LogP contribution in [0.25, 0.3) is 0 Å². The molecule has 0 saturated carbocycles. The van der Waals surface area contributed by atoms with Gasteiger partial charge in [0.05, 0.1) is 0 Å². The topological polar surface area (TPSA) is 38.3 Å². The molecule has 1 fully saturated rings. The first-order valence-corrected chi connectivity index (χ1v) is 8.48. The van der Waals surface area contributed by atoms with Crippen LogP contribution >= 0.6 is 0 Å². The smallest absolute Gasteiger partial charge is 0.247 e. The van der Waals surface area contributed by atoms with Crippen molar-refractivity contribution in [2.75, 3.05) is 6.54 Å². The number of hydrogen-bond donors (Lipinski definition) is 1. The average molecular weight is 215 g/mol. The lowest BCUT2D eigenvalue weighted by atomic mass is 10.3. The lowest BCUT2D eigenvalue weighted by molar-refractivity contribution is -0.125. The van der Waals surface area contributed by atoms with Gasteiger partial charge in [-0.3, -0.25) is 4.79 Å². The van der Waals surface area contributed by atoms with Gasteiger partial charge < -0.3 is 9.74 Å². The second kappa shape index (κ2) is 4.44. The van der Waals surface area contributed by atoms with Crippen molar-refractivity contribution >= 4 is 14.2 Å². The lowest BCUT2D eigenvalue weighted by Crippen LogP contribution is -2.39. The largest absolute Gasteiger partial charge is 0.405 e. The van der Waals surface area contributed by atoms with Crippen LogP contribution in [-0.2, 0) is 9.22 Å². The Hall–Kier alpha value is -0.353. The number of amides is 1. The molecule has 0 radical (unpaired) electrons. The maximum Gasteiger partial charge on any atom is 0.247 e. The fourth-order valence-corrected chi connectivity index (χ4v) is 5.16. The van der Waals surface area contributed by atoms with E-state index < -0.39 is 8.32 Å². The van der Waals surface area contributed by atoms with E-state index in [0.29, 0.717) is 5.92 Å². The van der Waals surface area contributed by atoms with Crippen LogP contribution in [0.1, 0.15) is 20.3 Å². The molecule has 1 atom stereocenters. The van der Waals surface area contributed by atoms with Crippen LogP contribution in [0.4, 0.5) is 0 Å². The quantitative estimate of drug-likeness (QED) is 0.726. The zero-order valence-electron chi connectivity index (χ0n) is 9.59. The molecule has 1 rings (SSSR count). The number of carbonyl (C=O) groups is 1. The van der Waals surface area contributed by atoms with E-state index in [9.17, 15) is 4.79 Å². The highest BCUT2D eigenvalue weighted by atomic mass is 28.4. The van der Waals surface area contributed by atoms with Crippen molar-refractivity contribution in [2.24, 2.45) is 5.92 Å². The highest BCUT2D eigenvalue weighted by Gasteiger charge is 2.33. The van der Waals surface area contributed by atoms with E-state index in [1.54, 1.807) is 0 Å². The van der Waals surface area contributed by atoms with Gasteiger partial charge in [-0.15, -0.1) is 0 Å². The summed E-state index contributed by atoms with van der Waals surface area (Å²) in [5, 5.41) is 2.80. The molecule has 1 aliphatic rings. The Labute approximate surface area is 87.3 Å². The molecule has 0 aromatic rings. The molecule has 1 heterocycles. The molecule has 4 heteroatoms. The van der Waals surface area contributed by atoms with Crippen LogP contribution in [0.3, 0.4) is 0 Å². The molecule has 3 nitrogen and oxygen atoms in total. The maximum absolute atomic E-state index is 11.3. The van der Waals surface area contributed by atoms with Crippen LogP contribution in [0.15, 0.2) is 0 Å². The third-order valence-corrected chi connectivity index (χ3v) is 5.08. The Kier molecular flexibility index (Phi) is 3.72. The molecule has 1 unspecified atom stereocenters. The molecule has 14 heavy (non-hydrogen) atoms. The summed E-state index contributed by atoms with van der Waals surface area (Å²) in [5.41, 5.74) is 0. The van der Waals surface area contributed by atoms with Gasteiger partial charge in [-0.05, 0) is 31.5 Å². The average Bonchev–Trinajstić information content (AvgIpc) is 2.32. The highest BCUT2D eigenvalue weighted by molar-refractivity contribution is 6.71. The van der Waals surface area contributed by atoms with E-state index in [1.807, 2.05) is 0 Å². The fourth-order valence-electron chi connectivity index (χ4n) is 2.10. The lowest BCUT2D eigenvalue weighted by Gasteiger charge is -2.27. The summed E-state index contributed by atoms with van der Waals surface area (Å²) in [6, 6.07) is 1.12. The predicted molar refractivity (Wildman–Crippen MR) is 59.6 cm³/mol. The molecule has 82 valence electrons. The Morgan fingerprint density at radius 2 is 2.21 bits per heavy atom. The Morgan fingerprint density at radius 1 is 1.57 bits per heavy atom. The monoisotopic (exact) mass is 215 g/mol. The van der Waals surface area contributed by atoms with Gasteiger partial charge in [-0.1, -0.05) is 13.8 Å². The number of carbonyl (C=O) groups excluding carboxylic acids is 1. The maximum atomic E-state index is 11.3. The minimum atomic E-state index is -1.63. The third-order valence-electron chi connectivity index (χ3n) is 2.36. The van der Waals surface area contributed by atoms with Crippen molar-refractivity contribution in [1.29, 1.82) is 0 Å². The Bertz CT molecular complexity index is 216. The molecule has 1 saturated heterocycles. The molecule has 0 bridgehead atoms. The van der Waals surface area contributed by atoms with Crippen LogP contribution in [-0.4, -0.2) is 26.9 Å². The van der Waals surface area contributed by atoms with E-state index in [2.05, 4.69) is 32.3 Å².